The maximum Gasteiger partial charge on any atom is 0.267 e. The van der Waals surface area contributed by atoms with Gasteiger partial charge in [-0.3, -0.25) is 9.59 Å². The fourth-order valence-electron chi connectivity index (χ4n) is 4.93. The highest BCUT2D eigenvalue weighted by molar-refractivity contribution is 5.96. The number of benzene rings is 3. The molecule has 2 aliphatic rings. The van der Waals surface area contributed by atoms with Crippen molar-refractivity contribution in [2.75, 3.05) is 18.5 Å². The quantitative estimate of drug-likeness (QED) is 0.467. The molecule has 0 spiro atoms. The molecule has 180 valence electrons. The van der Waals surface area contributed by atoms with Crippen LogP contribution in [-0.2, 0) is 16.0 Å². The Morgan fingerprint density at radius 1 is 1.00 bits per heavy atom. The highest BCUT2D eigenvalue weighted by Gasteiger charge is 2.39. The van der Waals surface area contributed by atoms with Crippen LogP contribution in [0.25, 0.3) is 0 Å². The van der Waals surface area contributed by atoms with Crippen molar-refractivity contribution in [1.82, 2.24) is 4.90 Å². The molecule has 1 aliphatic carbocycles. The number of likely N-dealkylation sites (N-methyl/N-ethyl adjacent to an activating group) is 1. The Labute approximate surface area is 207 Å². The van der Waals surface area contributed by atoms with Crippen molar-refractivity contribution in [3.05, 3.63) is 95.6 Å². The molecule has 0 N–H and O–H groups in total. The molecule has 1 saturated carbocycles. The zero-order valence-corrected chi connectivity index (χ0v) is 20.4. The molecule has 2 amide bonds. The standard InChI is InChI=1S/C30H32N2O3/c1-3-27(30(34)31(2)24-12-8-5-9-13-24)35-25-17-16-21-18-19-32(29(33)23-14-15-23)28(26(21)20-25)22-10-6-4-7-11-22/h4-13,16-17,20,23,27-28H,3,14-15,18-19H2,1-2H3. The third-order valence-electron chi connectivity index (χ3n) is 7.07. The molecule has 0 radical (unpaired) electrons. The van der Waals surface area contributed by atoms with E-state index in [2.05, 4.69) is 18.2 Å². The van der Waals surface area contributed by atoms with Crippen LogP contribution in [0.2, 0.25) is 0 Å². The Balaban J connectivity index is 1.44. The van der Waals surface area contributed by atoms with Crippen LogP contribution in [0.3, 0.4) is 0 Å². The van der Waals surface area contributed by atoms with E-state index in [1.807, 2.05) is 72.5 Å². The van der Waals surface area contributed by atoms with E-state index in [-0.39, 0.29) is 23.8 Å². The molecule has 1 heterocycles. The highest BCUT2D eigenvalue weighted by Crippen LogP contribution is 2.41. The third kappa shape index (κ3) is 4.81. The number of nitrogens with zero attached hydrogens (tertiary/aromatic N) is 2. The van der Waals surface area contributed by atoms with Gasteiger partial charge in [0.15, 0.2) is 6.10 Å². The van der Waals surface area contributed by atoms with Crippen LogP contribution in [0.15, 0.2) is 78.9 Å². The minimum atomic E-state index is -0.596. The number of carbonyl (C=O) groups excluding carboxylic acids is 2. The number of hydrogen-bond acceptors (Lipinski definition) is 3. The van der Waals surface area contributed by atoms with Crippen LogP contribution in [0.1, 0.15) is 48.9 Å². The van der Waals surface area contributed by atoms with Crippen LogP contribution in [0.5, 0.6) is 5.75 Å². The van der Waals surface area contributed by atoms with Gasteiger partial charge in [0.1, 0.15) is 5.75 Å². The Hall–Kier alpha value is -3.60. The van der Waals surface area contributed by atoms with E-state index < -0.39 is 6.10 Å². The lowest BCUT2D eigenvalue weighted by Crippen LogP contribution is -2.41. The SMILES string of the molecule is CCC(Oc1ccc2c(c1)C(c1ccccc1)N(C(=O)C1CC1)CC2)C(=O)N(C)c1ccccc1. The zero-order valence-electron chi connectivity index (χ0n) is 20.4. The first-order valence-electron chi connectivity index (χ1n) is 12.5. The summed E-state index contributed by atoms with van der Waals surface area (Å²) in [6, 6.07) is 25.8. The van der Waals surface area contributed by atoms with Crippen molar-refractivity contribution >= 4 is 17.5 Å². The van der Waals surface area contributed by atoms with Gasteiger partial charge in [-0.1, -0.05) is 61.5 Å². The zero-order chi connectivity index (χ0) is 24.4. The molecule has 5 heteroatoms. The van der Waals surface area contributed by atoms with Gasteiger partial charge in [-0.2, -0.15) is 0 Å². The molecule has 0 bridgehead atoms. The number of anilines is 1. The summed E-state index contributed by atoms with van der Waals surface area (Å²) in [5, 5.41) is 0. The summed E-state index contributed by atoms with van der Waals surface area (Å²) in [4.78, 5) is 30.1. The van der Waals surface area contributed by atoms with Crippen molar-refractivity contribution in [1.29, 1.82) is 0 Å². The summed E-state index contributed by atoms with van der Waals surface area (Å²) in [6.45, 7) is 2.68. The van der Waals surface area contributed by atoms with Gasteiger partial charge in [-0.25, -0.2) is 0 Å². The first-order valence-corrected chi connectivity index (χ1v) is 12.5. The van der Waals surface area contributed by atoms with E-state index in [1.165, 1.54) is 5.56 Å². The number of carbonyl (C=O) groups is 2. The van der Waals surface area contributed by atoms with E-state index in [1.54, 1.807) is 11.9 Å². The highest BCUT2D eigenvalue weighted by atomic mass is 16.5. The summed E-state index contributed by atoms with van der Waals surface area (Å²) in [5.41, 5.74) is 4.26. The number of rotatable bonds is 7. The molecule has 2 unspecified atom stereocenters. The van der Waals surface area contributed by atoms with Gasteiger partial charge in [0, 0.05) is 25.2 Å². The van der Waals surface area contributed by atoms with Crippen LogP contribution < -0.4 is 9.64 Å². The molecule has 35 heavy (non-hydrogen) atoms. The number of fused-ring (bicyclic) bond motifs is 1. The third-order valence-corrected chi connectivity index (χ3v) is 7.07. The van der Waals surface area contributed by atoms with Crippen LogP contribution in [0, 0.1) is 5.92 Å². The Bertz CT molecular complexity index is 1190. The molecule has 0 aromatic heterocycles. The molecule has 5 rings (SSSR count). The summed E-state index contributed by atoms with van der Waals surface area (Å²) in [6.07, 6.45) is 2.76. The first-order chi connectivity index (χ1) is 17.1. The predicted molar refractivity (Wildman–Crippen MR) is 137 cm³/mol. The van der Waals surface area contributed by atoms with Crippen molar-refractivity contribution in [3.63, 3.8) is 0 Å². The van der Waals surface area contributed by atoms with Crippen LogP contribution >= 0.6 is 0 Å². The second-order valence-electron chi connectivity index (χ2n) is 9.48. The van der Waals surface area contributed by atoms with Crippen molar-refractivity contribution in [2.45, 2.75) is 44.8 Å². The number of amides is 2. The maximum absolute atomic E-state index is 13.2. The van der Waals surface area contributed by atoms with Gasteiger partial charge < -0.3 is 14.5 Å². The molecule has 3 aromatic carbocycles. The average molecular weight is 469 g/mol. The van der Waals surface area contributed by atoms with Crippen LogP contribution in [0.4, 0.5) is 5.69 Å². The molecule has 3 aromatic rings. The van der Waals surface area contributed by atoms with E-state index >= 15 is 0 Å². The smallest absolute Gasteiger partial charge is 0.267 e. The fraction of sp³-hybridized carbons (Fsp3) is 0.333. The minimum absolute atomic E-state index is 0.0819. The minimum Gasteiger partial charge on any atom is -0.481 e. The van der Waals surface area contributed by atoms with Crippen molar-refractivity contribution < 1.29 is 14.3 Å². The van der Waals surface area contributed by atoms with E-state index in [4.69, 9.17) is 4.74 Å². The van der Waals surface area contributed by atoms with Gasteiger partial charge >= 0.3 is 0 Å². The van der Waals surface area contributed by atoms with Gasteiger partial charge in [0.25, 0.3) is 5.91 Å². The predicted octanol–water partition coefficient (Wildman–Crippen LogP) is 5.39. The lowest BCUT2D eigenvalue weighted by atomic mass is 9.87. The van der Waals surface area contributed by atoms with Gasteiger partial charge in [-0.15, -0.1) is 0 Å². The van der Waals surface area contributed by atoms with E-state index in [9.17, 15) is 9.59 Å². The second kappa shape index (κ2) is 9.95. The van der Waals surface area contributed by atoms with Gasteiger partial charge in [-0.05, 0) is 66.6 Å². The summed E-state index contributed by atoms with van der Waals surface area (Å²) >= 11 is 0. The number of hydrogen-bond donors (Lipinski definition) is 0. The molecule has 1 fully saturated rings. The Kier molecular flexibility index (Phi) is 6.58. The summed E-state index contributed by atoms with van der Waals surface area (Å²) in [5.74, 6) is 0.994. The molecule has 1 aliphatic heterocycles. The maximum atomic E-state index is 13.2. The second-order valence-corrected chi connectivity index (χ2v) is 9.48. The average Bonchev–Trinajstić information content (AvgIpc) is 3.76. The van der Waals surface area contributed by atoms with Crippen LogP contribution in [-0.4, -0.2) is 36.4 Å². The molecule has 2 atom stereocenters. The normalized spacial score (nSPS) is 17.9. The number of ether oxygens (including phenoxy) is 1. The van der Waals surface area contributed by atoms with Crippen molar-refractivity contribution in [2.24, 2.45) is 5.92 Å². The molecular weight excluding hydrogens is 436 g/mol. The summed E-state index contributed by atoms with van der Waals surface area (Å²) in [7, 11) is 1.78. The van der Waals surface area contributed by atoms with Gasteiger partial charge in [0.2, 0.25) is 5.91 Å². The monoisotopic (exact) mass is 468 g/mol. The van der Waals surface area contributed by atoms with E-state index in [0.717, 1.165) is 42.6 Å². The van der Waals surface area contributed by atoms with Gasteiger partial charge in [0.05, 0.1) is 6.04 Å². The largest absolute Gasteiger partial charge is 0.481 e. The summed E-state index contributed by atoms with van der Waals surface area (Å²) < 4.78 is 6.28. The topological polar surface area (TPSA) is 49.9 Å². The first kappa shape index (κ1) is 23.2. The lowest BCUT2D eigenvalue weighted by molar-refractivity contribution is -0.134. The fourth-order valence-corrected chi connectivity index (χ4v) is 4.93. The molecule has 5 nitrogen and oxygen atoms in total. The van der Waals surface area contributed by atoms with Crippen molar-refractivity contribution in [3.8, 4) is 5.75 Å². The molecule has 0 saturated heterocycles. The number of para-hydroxylation sites is 1. The Morgan fingerprint density at radius 3 is 2.34 bits per heavy atom. The lowest BCUT2D eigenvalue weighted by Gasteiger charge is -2.38. The Morgan fingerprint density at radius 2 is 1.69 bits per heavy atom. The molecular formula is C30H32N2O3. The van der Waals surface area contributed by atoms with E-state index in [0.29, 0.717) is 12.2 Å².